The fraction of sp³-hybridized carbons (Fsp3) is 0. The van der Waals surface area contributed by atoms with Gasteiger partial charge in [-0.3, -0.25) is 4.98 Å². The van der Waals surface area contributed by atoms with Crippen LogP contribution in [0, 0.1) is 0 Å². The Morgan fingerprint density at radius 1 is 1.39 bits per heavy atom. The number of aromatic carboxylic acids is 1. The van der Waals surface area contributed by atoms with E-state index in [0.29, 0.717) is 20.6 Å². The lowest BCUT2D eigenvalue weighted by Gasteiger charge is -1.98. The molecule has 0 spiro atoms. The van der Waals surface area contributed by atoms with E-state index < -0.39 is 5.97 Å². The number of carboxylic acid groups (broad SMARTS) is 1. The molecule has 0 aromatic carbocycles. The lowest BCUT2D eigenvalue weighted by Crippen LogP contribution is -1.99. The molecule has 0 unspecified atom stereocenters. The van der Waals surface area contributed by atoms with Gasteiger partial charge >= 0.3 is 5.97 Å². The van der Waals surface area contributed by atoms with Gasteiger partial charge in [0.05, 0.1) is 23.5 Å². The second-order valence-corrected chi connectivity index (χ2v) is 5.08. The number of halogens is 1. The molecule has 0 saturated carbocycles. The summed E-state index contributed by atoms with van der Waals surface area (Å²) in [6.07, 6.45) is 4.40. The Hall–Kier alpha value is -1.80. The highest BCUT2D eigenvalue weighted by Gasteiger charge is 2.14. The molecule has 90 valence electrons. The van der Waals surface area contributed by atoms with Crippen LogP contribution in [0.1, 0.15) is 10.4 Å². The number of nitrogens with zero attached hydrogens (tertiary/aromatic N) is 4. The third kappa shape index (κ3) is 1.70. The standard InChI is InChI=1S/C10H5BrN4O2S/c11-8-4-18-10(14-8)15-7-3-12-1-6(9(16)17)5(7)2-13-15/h1-4H,(H,16,17). The predicted octanol–water partition coefficient (Wildman–Crippen LogP) is 2.34. The van der Waals surface area contributed by atoms with E-state index in [1.807, 2.05) is 5.38 Å². The number of aromatic nitrogens is 4. The van der Waals surface area contributed by atoms with Crippen LogP contribution in [0.4, 0.5) is 0 Å². The molecular formula is C10H5BrN4O2S. The summed E-state index contributed by atoms with van der Waals surface area (Å²) < 4.78 is 2.29. The Morgan fingerprint density at radius 3 is 2.89 bits per heavy atom. The number of carboxylic acids is 1. The number of fused-ring (bicyclic) bond motifs is 1. The van der Waals surface area contributed by atoms with Crippen LogP contribution in [-0.4, -0.2) is 30.8 Å². The number of rotatable bonds is 2. The Labute approximate surface area is 113 Å². The highest BCUT2D eigenvalue weighted by Crippen LogP contribution is 2.24. The van der Waals surface area contributed by atoms with E-state index in [0.717, 1.165) is 0 Å². The summed E-state index contributed by atoms with van der Waals surface area (Å²) in [5.41, 5.74) is 0.756. The van der Waals surface area contributed by atoms with Gasteiger partial charge in [0, 0.05) is 17.0 Å². The third-order valence-electron chi connectivity index (χ3n) is 2.37. The number of hydrogen-bond acceptors (Lipinski definition) is 5. The zero-order chi connectivity index (χ0) is 12.7. The van der Waals surface area contributed by atoms with Gasteiger partial charge in [0.15, 0.2) is 0 Å². The SMILES string of the molecule is O=C(O)c1cncc2c1cnn2-c1nc(Br)cs1. The highest BCUT2D eigenvalue weighted by molar-refractivity contribution is 9.10. The van der Waals surface area contributed by atoms with Gasteiger partial charge in [-0.15, -0.1) is 11.3 Å². The molecule has 18 heavy (non-hydrogen) atoms. The molecule has 0 bridgehead atoms. The lowest BCUT2D eigenvalue weighted by atomic mass is 10.2. The monoisotopic (exact) mass is 324 g/mol. The first-order valence-electron chi connectivity index (χ1n) is 4.83. The number of carbonyl (C=O) groups is 1. The molecule has 0 atom stereocenters. The van der Waals surface area contributed by atoms with Crippen molar-refractivity contribution in [1.82, 2.24) is 19.7 Å². The molecule has 3 heterocycles. The molecule has 3 rings (SSSR count). The van der Waals surface area contributed by atoms with Crippen molar-refractivity contribution in [3.8, 4) is 5.13 Å². The van der Waals surface area contributed by atoms with E-state index in [1.165, 1.54) is 23.7 Å². The van der Waals surface area contributed by atoms with Crippen molar-refractivity contribution < 1.29 is 9.90 Å². The van der Waals surface area contributed by atoms with Crippen LogP contribution in [0.15, 0.2) is 28.6 Å². The van der Waals surface area contributed by atoms with E-state index in [2.05, 4.69) is 31.0 Å². The van der Waals surface area contributed by atoms with Crippen LogP contribution in [0.5, 0.6) is 0 Å². The molecule has 6 nitrogen and oxygen atoms in total. The van der Waals surface area contributed by atoms with Crippen molar-refractivity contribution >= 4 is 44.1 Å². The first-order chi connectivity index (χ1) is 8.66. The molecule has 0 radical (unpaired) electrons. The van der Waals surface area contributed by atoms with Crippen LogP contribution >= 0.6 is 27.3 Å². The van der Waals surface area contributed by atoms with E-state index >= 15 is 0 Å². The summed E-state index contributed by atoms with van der Waals surface area (Å²) >= 11 is 4.67. The van der Waals surface area contributed by atoms with Crippen molar-refractivity contribution in [2.75, 3.05) is 0 Å². The molecule has 0 aliphatic rings. The second kappa shape index (κ2) is 4.14. The molecule has 3 aromatic rings. The van der Waals surface area contributed by atoms with Crippen LogP contribution in [0.25, 0.3) is 16.0 Å². The number of thiazole rings is 1. The summed E-state index contributed by atoms with van der Waals surface area (Å²) in [7, 11) is 0. The molecular weight excluding hydrogens is 320 g/mol. The quantitative estimate of drug-likeness (QED) is 0.782. The van der Waals surface area contributed by atoms with Crippen molar-refractivity contribution in [2.24, 2.45) is 0 Å². The number of hydrogen-bond donors (Lipinski definition) is 1. The fourth-order valence-electron chi connectivity index (χ4n) is 1.61. The topological polar surface area (TPSA) is 80.9 Å². The molecule has 8 heteroatoms. The Kier molecular flexibility index (Phi) is 2.60. The Morgan fingerprint density at radius 2 is 2.22 bits per heavy atom. The van der Waals surface area contributed by atoms with E-state index in [9.17, 15) is 4.79 Å². The van der Waals surface area contributed by atoms with Gasteiger partial charge in [-0.05, 0) is 15.9 Å². The lowest BCUT2D eigenvalue weighted by molar-refractivity contribution is 0.0698. The maximum absolute atomic E-state index is 11.1. The Balaban J connectivity index is 2.27. The highest BCUT2D eigenvalue weighted by atomic mass is 79.9. The summed E-state index contributed by atoms with van der Waals surface area (Å²) in [4.78, 5) is 19.2. The van der Waals surface area contributed by atoms with Crippen LogP contribution in [0.2, 0.25) is 0 Å². The van der Waals surface area contributed by atoms with Crippen molar-refractivity contribution in [2.45, 2.75) is 0 Å². The zero-order valence-electron chi connectivity index (χ0n) is 8.74. The summed E-state index contributed by atoms with van der Waals surface area (Å²) in [5, 5.41) is 16.3. The van der Waals surface area contributed by atoms with E-state index in [1.54, 1.807) is 10.9 Å². The molecule has 0 aliphatic carbocycles. The zero-order valence-corrected chi connectivity index (χ0v) is 11.1. The van der Waals surface area contributed by atoms with Crippen molar-refractivity contribution in [3.05, 3.63) is 34.1 Å². The molecule has 0 amide bonds. The van der Waals surface area contributed by atoms with Crippen molar-refractivity contribution in [3.63, 3.8) is 0 Å². The van der Waals surface area contributed by atoms with Gasteiger partial charge in [0.1, 0.15) is 4.60 Å². The summed E-state index contributed by atoms with van der Waals surface area (Å²) in [5.74, 6) is -1.02. The van der Waals surface area contributed by atoms with Gasteiger partial charge in [0.25, 0.3) is 0 Å². The second-order valence-electron chi connectivity index (χ2n) is 3.43. The van der Waals surface area contributed by atoms with Gasteiger partial charge in [-0.2, -0.15) is 5.10 Å². The minimum atomic E-state index is -1.02. The van der Waals surface area contributed by atoms with Gasteiger partial charge in [0.2, 0.25) is 5.13 Å². The minimum absolute atomic E-state index is 0.134. The first kappa shape index (κ1) is 11.3. The average Bonchev–Trinajstić information content (AvgIpc) is 2.93. The van der Waals surface area contributed by atoms with Crippen LogP contribution in [-0.2, 0) is 0 Å². The molecule has 0 aliphatic heterocycles. The van der Waals surface area contributed by atoms with Crippen molar-refractivity contribution in [1.29, 1.82) is 0 Å². The fourth-order valence-corrected chi connectivity index (χ4v) is 2.82. The van der Waals surface area contributed by atoms with Gasteiger partial charge in [-0.1, -0.05) is 0 Å². The largest absolute Gasteiger partial charge is 0.478 e. The summed E-state index contributed by atoms with van der Waals surface area (Å²) in [6.45, 7) is 0. The van der Waals surface area contributed by atoms with Gasteiger partial charge in [-0.25, -0.2) is 14.5 Å². The maximum atomic E-state index is 11.1. The first-order valence-corrected chi connectivity index (χ1v) is 6.50. The normalized spacial score (nSPS) is 10.9. The van der Waals surface area contributed by atoms with Crippen LogP contribution < -0.4 is 0 Å². The smallest absolute Gasteiger partial charge is 0.338 e. The molecule has 0 saturated heterocycles. The van der Waals surface area contributed by atoms with E-state index in [-0.39, 0.29) is 5.56 Å². The molecule has 3 aromatic heterocycles. The van der Waals surface area contributed by atoms with E-state index in [4.69, 9.17) is 5.11 Å². The van der Waals surface area contributed by atoms with Gasteiger partial charge < -0.3 is 5.11 Å². The predicted molar refractivity (Wildman–Crippen MR) is 69.2 cm³/mol. The minimum Gasteiger partial charge on any atom is -0.478 e. The Bertz CT molecular complexity index is 751. The number of pyridine rings is 1. The third-order valence-corrected chi connectivity index (χ3v) is 3.90. The average molecular weight is 325 g/mol. The summed E-state index contributed by atoms with van der Waals surface area (Å²) in [6, 6.07) is 0. The maximum Gasteiger partial charge on any atom is 0.338 e. The molecule has 1 N–H and O–H groups in total. The van der Waals surface area contributed by atoms with Crippen LogP contribution in [0.3, 0.4) is 0 Å². The molecule has 0 fully saturated rings.